The first-order valence-electron chi connectivity index (χ1n) is 7.16. The second kappa shape index (κ2) is 4.17. The van der Waals surface area contributed by atoms with Gasteiger partial charge in [0.25, 0.3) is 0 Å². The average Bonchev–Trinajstić information content (AvgIpc) is 2.99. The van der Waals surface area contributed by atoms with Crippen LogP contribution in [0.25, 0.3) is 43.6 Å². The van der Waals surface area contributed by atoms with Crippen molar-refractivity contribution in [2.45, 2.75) is 0 Å². The smallest absolute Gasteiger partial charge is 0.214 e. The maximum absolute atomic E-state index is 13.5. The van der Waals surface area contributed by atoms with Gasteiger partial charge in [0.2, 0.25) is 10.9 Å². The molecule has 0 aliphatic carbocycles. The molecule has 0 spiro atoms. The van der Waals surface area contributed by atoms with Crippen LogP contribution in [0.2, 0.25) is 0 Å². The van der Waals surface area contributed by atoms with Crippen molar-refractivity contribution in [3.8, 4) is 0 Å². The van der Waals surface area contributed by atoms with Crippen molar-refractivity contribution >= 4 is 43.6 Å². The lowest BCUT2D eigenvalue weighted by Gasteiger charge is -1.93. The molecule has 0 amide bonds. The molecule has 0 unspecified atom stereocenters. The number of aromatic nitrogens is 2. The summed E-state index contributed by atoms with van der Waals surface area (Å²) in [6, 6.07) is 7.57. The Bertz CT molecular complexity index is 1420. The van der Waals surface area contributed by atoms with E-state index in [0.717, 1.165) is 6.07 Å². The van der Waals surface area contributed by atoms with Crippen LogP contribution in [0.4, 0.5) is 8.78 Å². The summed E-state index contributed by atoms with van der Waals surface area (Å²) in [6.07, 6.45) is 0. The summed E-state index contributed by atoms with van der Waals surface area (Å²) in [4.78, 5) is 33.5. The Morgan fingerprint density at radius 1 is 0.583 bits per heavy atom. The van der Waals surface area contributed by atoms with Crippen molar-refractivity contribution in [3.63, 3.8) is 0 Å². The Morgan fingerprint density at radius 2 is 1.08 bits per heavy atom. The van der Waals surface area contributed by atoms with E-state index in [0.29, 0.717) is 16.2 Å². The van der Waals surface area contributed by atoms with Gasteiger partial charge in [-0.15, -0.1) is 0 Å². The van der Waals surface area contributed by atoms with Gasteiger partial charge in [-0.25, -0.2) is 18.7 Å². The Labute approximate surface area is 131 Å². The topological polar surface area (TPSA) is 59.9 Å². The first-order valence-corrected chi connectivity index (χ1v) is 7.16. The molecule has 0 saturated heterocycles. The molecule has 0 N–H and O–H groups in total. The van der Waals surface area contributed by atoms with E-state index in [1.807, 2.05) is 0 Å². The molecule has 0 aliphatic rings. The van der Waals surface area contributed by atoms with Crippen molar-refractivity contribution in [1.82, 2.24) is 9.97 Å². The minimum Gasteiger partial charge on any atom is -0.287 e. The van der Waals surface area contributed by atoms with E-state index in [2.05, 4.69) is 9.97 Å². The van der Waals surface area contributed by atoms with Crippen LogP contribution in [0, 0.1) is 11.6 Å². The first kappa shape index (κ1) is 13.2. The zero-order valence-corrected chi connectivity index (χ0v) is 11.9. The summed E-state index contributed by atoms with van der Waals surface area (Å²) in [5, 5.41) is 1.24. The van der Waals surface area contributed by atoms with Gasteiger partial charge in [-0.2, -0.15) is 0 Å². The Kier molecular flexibility index (Phi) is 2.29. The molecule has 1 aromatic heterocycles. The number of fused-ring (bicyclic) bond motifs is 6. The van der Waals surface area contributed by atoms with Crippen LogP contribution in [0.5, 0.6) is 0 Å². The normalized spacial score (nSPS) is 12.1. The maximum Gasteiger partial charge on any atom is 0.214 e. The molecule has 1 heterocycles. The zero-order chi connectivity index (χ0) is 16.6. The van der Waals surface area contributed by atoms with Crippen molar-refractivity contribution in [2.75, 3.05) is 0 Å². The summed E-state index contributed by atoms with van der Waals surface area (Å²) in [5.74, 6) is -1.04. The van der Waals surface area contributed by atoms with Crippen molar-refractivity contribution in [2.24, 2.45) is 0 Å². The van der Waals surface area contributed by atoms with E-state index in [4.69, 9.17) is 0 Å². The predicted molar refractivity (Wildman–Crippen MR) is 86.9 cm³/mol. The van der Waals surface area contributed by atoms with E-state index < -0.39 is 17.1 Å². The second-order valence-electron chi connectivity index (χ2n) is 5.66. The molecule has 0 fully saturated rings. The van der Waals surface area contributed by atoms with Gasteiger partial charge in [-0.3, -0.25) is 9.59 Å². The van der Waals surface area contributed by atoms with E-state index in [1.165, 1.54) is 30.3 Å². The van der Waals surface area contributed by atoms with Gasteiger partial charge in [-0.1, -0.05) is 0 Å². The monoisotopic (exact) mass is 320 g/mol. The molecule has 0 aliphatic heterocycles. The summed E-state index contributed by atoms with van der Waals surface area (Å²) in [6.45, 7) is 0. The molecule has 0 saturated carbocycles. The Balaban J connectivity index is 2.09. The van der Waals surface area contributed by atoms with E-state index in [9.17, 15) is 18.4 Å². The van der Waals surface area contributed by atoms with Crippen molar-refractivity contribution in [3.05, 3.63) is 68.5 Å². The van der Waals surface area contributed by atoms with Crippen LogP contribution in [-0.4, -0.2) is 9.97 Å². The quantitative estimate of drug-likeness (QED) is 0.440. The van der Waals surface area contributed by atoms with Crippen LogP contribution >= 0.6 is 0 Å². The lowest BCUT2D eigenvalue weighted by molar-refractivity contribution is 0.629. The number of hydrogen-bond donors (Lipinski definition) is 0. The third-order valence-electron chi connectivity index (χ3n) is 4.29. The van der Waals surface area contributed by atoms with Crippen molar-refractivity contribution in [1.29, 1.82) is 0 Å². The minimum atomic E-state index is -0.536. The van der Waals surface area contributed by atoms with Gasteiger partial charge >= 0.3 is 0 Å². The van der Waals surface area contributed by atoms with E-state index in [1.54, 1.807) is 0 Å². The number of halogens is 2. The zero-order valence-electron chi connectivity index (χ0n) is 11.9. The predicted octanol–water partition coefficient (Wildman–Crippen LogP) is 2.96. The number of nitrogens with zero attached hydrogens (tertiary/aromatic N) is 2. The molecular formula is C18H6F2N2O2. The van der Waals surface area contributed by atoms with Gasteiger partial charge in [0, 0.05) is 21.5 Å². The molecule has 0 atom stereocenters. The number of rotatable bonds is 0. The summed E-state index contributed by atoms with van der Waals surface area (Å²) >= 11 is 0. The molecule has 4 nitrogen and oxygen atoms in total. The van der Waals surface area contributed by atoms with Gasteiger partial charge in [0.1, 0.15) is 33.7 Å². The molecule has 0 radical (unpaired) electrons. The fraction of sp³-hybridized carbons (Fsp3) is 0. The molecular weight excluding hydrogens is 314 g/mol. The van der Waals surface area contributed by atoms with Gasteiger partial charge in [-0.05, 0) is 36.4 Å². The average molecular weight is 320 g/mol. The van der Waals surface area contributed by atoms with Crippen LogP contribution in [0.3, 0.4) is 0 Å². The molecule has 114 valence electrons. The highest BCUT2D eigenvalue weighted by molar-refractivity contribution is 6.14. The molecule has 5 aromatic rings. The lowest BCUT2D eigenvalue weighted by atomic mass is 10.2. The fourth-order valence-electron chi connectivity index (χ4n) is 3.20. The van der Waals surface area contributed by atoms with E-state index >= 15 is 0 Å². The highest BCUT2D eigenvalue weighted by Crippen LogP contribution is 2.27. The van der Waals surface area contributed by atoms with Gasteiger partial charge in [0.15, 0.2) is 0 Å². The fourth-order valence-corrected chi connectivity index (χ4v) is 3.20. The highest BCUT2D eigenvalue weighted by atomic mass is 19.1. The Morgan fingerprint density at radius 3 is 1.75 bits per heavy atom. The van der Waals surface area contributed by atoms with Gasteiger partial charge < -0.3 is 0 Å². The largest absolute Gasteiger partial charge is 0.287 e. The minimum absolute atomic E-state index is 0.0549. The summed E-state index contributed by atoms with van der Waals surface area (Å²) < 4.78 is 26.9. The second-order valence-corrected chi connectivity index (χ2v) is 5.66. The molecule has 0 bridgehead atoms. The Hall–Kier alpha value is -3.28. The number of benzene rings is 2. The maximum atomic E-state index is 13.5. The van der Waals surface area contributed by atoms with Crippen LogP contribution < -0.4 is 10.9 Å². The molecule has 24 heavy (non-hydrogen) atoms. The third kappa shape index (κ3) is 1.49. The lowest BCUT2D eigenvalue weighted by Crippen LogP contribution is -2.00. The van der Waals surface area contributed by atoms with E-state index in [-0.39, 0.29) is 32.9 Å². The van der Waals surface area contributed by atoms with Crippen LogP contribution in [-0.2, 0) is 0 Å². The van der Waals surface area contributed by atoms with Gasteiger partial charge in [0.05, 0.1) is 0 Å². The third-order valence-corrected chi connectivity index (χ3v) is 4.29. The summed E-state index contributed by atoms with van der Waals surface area (Å²) in [7, 11) is 0. The molecule has 4 aromatic carbocycles. The number of hydrogen-bond acceptors (Lipinski definition) is 4. The first-order chi connectivity index (χ1) is 11.5. The highest BCUT2D eigenvalue weighted by Gasteiger charge is 2.19. The molecule has 6 heteroatoms. The summed E-state index contributed by atoms with van der Waals surface area (Å²) in [5.41, 5.74) is -0.228. The van der Waals surface area contributed by atoms with Crippen LogP contribution in [0.15, 0.2) is 46.0 Å². The standard InChI is InChI=1S/C18H6F2N2O2/c19-7-2-4-10-11(5-7)14-16(17(10)23)21-13-9-3-1-8(20)6-12(9)18(24)15(13)22-14/h1-6H. The van der Waals surface area contributed by atoms with Crippen LogP contribution in [0.1, 0.15) is 0 Å². The SMILES string of the molecule is O=c1c2cc(F)ccc2c2nc3c(=O)c4ccc(F)cc4c3nc12. The van der Waals surface area contributed by atoms with Crippen molar-refractivity contribution < 1.29 is 8.78 Å². The molecule has 5 rings (SSSR count).